The predicted molar refractivity (Wildman–Crippen MR) is 109 cm³/mol. The largest absolute Gasteiger partial charge is 0.462 e. The highest BCUT2D eigenvalue weighted by Crippen LogP contribution is 2.32. The summed E-state index contributed by atoms with van der Waals surface area (Å²) < 4.78 is 4.88. The molecule has 0 spiro atoms. The lowest BCUT2D eigenvalue weighted by Gasteiger charge is -2.06. The molecule has 29 heavy (non-hydrogen) atoms. The summed E-state index contributed by atoms with van der Waals surface area (Å²) in [6, 6.07) is 13.1. The third kappa shape index (κ3) is 4.64. The number of nitro benzene ring substituents is 1. The predicted octanol–water partition coefficient (Wildman–Crippen LogP) is 4.46. The summed E-state index contributed by atoms with van der Waals surface area (Å²) in [5.41, 5.74) is 1.26. The molecule has 0 aliphatic carbocycles. The highest BCUT2D eigenvalue weighted by molar-refractivity contribution is 7.19. The standard InChI is InChI=1S/C20H17N3O5S/c1-3-28-19(25)15-9-14(10-16(11-15)23(26)27)18(24)22-20-21-12(2)17(29-20)13-7-5-4-6-8-13/h4-11H,3H2,1-2H3,(H,21,22,24). The van der Waals surface area contributed by atoms with Crippen LogP contribution in [0, 0.1) is 17.0 Å². The second kappa shape index (κ2) is 8.61. The number of hydrogen-bond donors (Lipinski definition) is 1. The zero-order valence-corrected chi connectivity index (χ0v) is 16.5. The highest BCUT2D eigenvalue weighted by atomic mass is 32.1. The van der Waals surface area contributed by atoms with Crippen LogP contribution in [0.5, 0.6) is 0 Å². The average Bonchev–Trinajstić information content (AvgIpc) is 3.08. The van der Waals surface area contributed by atoms with Gasteiger partial charge >= 0.3 is 5.97 Å². The summed E-state index contributed by atoms with van der Waals surface area (Å²) in [6.07, 6.45) is 0. The first kappa shape index (κ1) is 20.2. The lowest BCUT2D eigenvalue weighted by atomic mass is 10.1. The maximum Gasteiger partial charge on any atom is 0.338 e. The third-order valence-corrected chi connectivity index (χ3v) is 5.08. The van der Waals surface area contributed by atoms with Crippen LogP contribution in [0.25, 0.3) is 10.4 Å². The Morgan fingerprint density at radius 1 is 1.17 bits per heavy atom. The molecule has 0 atom stereocenters. The van der Waals surface area contributed by atoms with Crippen LogP contribution in [-0.2, 0) is 4.74 Å². The molecule has 0 saturated heterocycles. The molecule has 0 unspecified atom stereocenters. The van der Waals surface area contributed by atoms with E-state index in [1.165, 1.54) is 17.4 Å². The molecule has 148 valence electrons. The van der Waals surface area contributed by atoms with Crippen LogP contribution < -0.4 is 5.32 Å². The number of hydrogen-bond acceptors (Lipinski definition) is 7. The summed E-state index contributed by atoms with van der Waals surface area (Å²) in [4.78, 5) is 40.4. The molecule has 9 heteroatoms. The number of aryl methyl sites for hydroxylation is 1. The fourth-order valence-corrected chi connectivity index (χ4v) is 3.62. The van der Waals surface area contributed by atoms with Crippen molar-refractivity contribution in [2.75, 3.05) is 11.9 Å². The zero-order valence-electron chi connectivity index (χ0n) is 15.7. The third-order valence-electron chi connectivity index (χ3n) is 3.95. The Morgan fingerprint density at radius 2 is 1.86 bits per heavy atom. The molecule has 0 radical (unpaired) electrons. The molecule has 3 aromatic rings. The number of anilines is 1. The second-order valence-corrected chi connectivity index (χ2v) is 7.00. The van der Waals surface area contributed by atoms with Crippen LogP contribution in [0.1, 0.15) is 33.3 Å². The van der Waals surface area contributed by atoms with Gasteiger partial charge in [0.05, 0.1) is 27.7 Å². The number of benzene rings is 2. The van der Waals surface area contributed by atoms with Crippen molar-refractivity contribution < 1.29 is 19.2 Å². The van der Waals surface area contributed by atoms with Crippen molar-refractivity contribution in [2.24, 2.45) is 0 Å². The summed E-state index contributed by atoms with van der Waals surface area (Å²) in [7, 11) is 0. The van der Waals surface area contributed by atoms with E-state index in [9.17, 15) is 19.7 Å². The van der Waals surface area contributed by atoms with Gasteiger partial charge in [0.15, 0.2) is 5.13 Å². The van der Waals surface area contributed by atoms with E-state index in [1.807, 2.05) is 37.3 Å². The van der Waals surface area contributed by atoms with Crippen LogP contribution in [0.3, 0.4) is 0 Å². The highest BCUT2D eigenvalue weighted by Gasteiger charge is 2.20. The van der Waals surface area contributed by atoms with E-state index in [-0.39, 0.29) is 23.4 Å². The summed E-state index contributed by atoms with van der Waals surface area (Å²) >= 11 is 1.30. The topological polar surface area (TPSA) is 111 Å². The second-order valence-electron chi connectivity index (χ2n) is 6.00. The molecule has 1 heterocycles. The molecule has 1 amide bonds. The minimum Gasteiger partial charge on any atom is -0.462 e. The Hall–Kier alpha value is -3.59. The number of nitrogens with zero attached hydrogens (tertiary/aromatic N) is 2. The number of thiazole rings is 1. The first-order valence-electron chi connectivity index (χ1n) is 8.70. The number of ether oxygens (including phenoxy) is 1. The fourth-order valence-electron chi connectivity index (χ4n) is 2.66. The molecular formula is C20H17N3O5S. The molecule has 8 nitrogen and oxygen atoms in total. The van der Waals surface area contributed by atoms with E-state index in [1.54, 1.807) is 6.92 Å². The van der Waals surface area contributed by atoms with Crippen LogP contribution in [0.4, 0.5) is 10.8 Å². The number of nitrogens with one attached hydrogen (secondary N) is 1. The van der Waals surface area contributed by atoms with Crippen molar-refractivity contribution in [3.63, 3.8) is 0 Å². The maximum atomic E-state index is 12.7. The molecule has 0 fully saturated rings. The summed E-state index contributed by atoms with van der Waals surface area (Å²) in [5.74, 6) is -1.34. The van der Waals surface area contributed by atoms with Crippen LogP contribution in [0.15, 0.2) is 48.5 Å². The van der Waals surface area contributed by atoms with Crippen LogP contribution >= 0.6 is 11.3 Å². The minimum absolute atomic E-state index is 0.0311. The Bertz CT molecular complexity index is 1080. The Balaban J connectivity index is 1.89. The van der Waals surface area contributed by atoms with Crippen molar-refractivity contribution >= 4 is 34.0 Å². The minimum atomic E-state index is -0.735. The summed E-state index contributed by atoms with van der Waals surface area (Å²) in [5, 5.41) is 14.2. The SMILES string of the molecule is CCOC(=O)c1cc(C(=O)Nc2nc(C)c(-c3ccccc3)s2)cc([N+](=O)[O-])c1. The lowest BCUT2D eigenvalue weighted by molar-refractivity contribution is -0.384. The molecule has 1 aromatic heterocycles. The van der Waals surface area contributed by atoms with Crippen LogP contribution in [0.2, 0.25) is 0 Å². The normalized spacial score (nSPS) is 10.4. The van der Waals surface area contributed by atoms with Gasteiger partial charge in [-0.05, 0) is 25.5 Å². The molecule has 2 aromatic carbocycles. The molecule has 0 aliphatic heterocycles. The van der Waals surface area contributed by atoms with E-state index in [2.05, 4.69) is 10.3 Å². The van der Waals surface area contributed by atoms with Gasteiger partial charge in [0, 0.05) is 17.7 Å². The van der Waals surface area contributed by atoms with E-state index in [0.29, 0.717) is 5.13 Å². The van der Waals surface area contributed by atoms with E-state index in [0.717, 1.165) is 28.3 Å². The number of carbonyl (C=O) groups excluding carboxylic acids is 2. The molecular weight excluding hydrogens is 394 g/mol. The Morgan fingerprint density at radius 3 is 2.52 bits per heavy atom. The van der Waals surface area contributed by atoms with Crippen molar-refractivity contribution in [3.05, 3.63) is 75.5 Å². The van der Waals surface area contributed by atoms with E-state index in [4.69, 9.17) is 4.74 Å². The maximum absolute atomic E-state index is 12.7. The molecule has 0 saturated carbocycles. The van der Waals surface area contributed by atoms with Crippen molar-refractivity contribution in [2.45, 2.75) is 13.8 Å². The van der Waals surface area contributed by atoms with Crippen molar-refractivity contribution in [1.29, 1.82) is 0 Å². The van der Waals surface area contributed by atoms with Gasteiger partial charge in [-0.15, -0.1) is 0 Å². The fraction of sp³-hybridized carbons (Fsp3) is 0.150. The molecule has 3 rings (SSSR count). The first-order valence-corrected chi connectivity index (χ1v) is 9.51. The smallest absolute Gasteiger partial charge is 0.338 e. The van der Waals surface area contributed by atoms with Crippen molar-refractivity contribution in [3.8, 4) is 10.4 Å². The number of non-ortho nitro benzene ring substituents is 1. The van der Waals surface area contributed by atoms with Crippen molar-refractivity contribution in [1.82, 2.24) is 4.98 Å². The van der Waals surface area contributed by atoms with Gasteiger partial charge in [-0.3, -0.25) is 20.2 Å². The van der Waals surface area contributed by atoms with Gasteiger partial charge in [0.2, 0.25) is 0 Å². The average molecular weight is 411 g/mol. The summed E-state index contributed by atoms with van der Waals surface area (Å²) in [6.45, 7) is 3.57. The first-order chi connectivity index (χ1) is 13.9. The molecule has 1 N–H and O–H groups in total. The van der Waals surface area contributed by atoms with Crippen LogP contribution in [-0.4, -0.2) is 28.4 Å². The van der Waals surface area contributed by atoms with Gasteiger partial charge in [-0.25, -0.2) is 9.78 Å². The zero-order chi connectivity index (χ0) is 21.0. The monoisotopic (exact) mass is 411 g/mol. The van der Waals surface area contributed by atoms with Gasteiger partial charge in [0.25, 0.3) is 11.6 Å². The van der Waals surface area contributed by atoms with Gasteiger partial charge in [0.1, 0.15) is 0 Å². The Labute approximate surface area is 170 Å². The lowest BCUT2D eigenvalue weighted by Crippen LogP contribution is -2.14. The van der Waals surface area contributed by atoms with E-state index < -0.39 is 16.8 Å². The number of aromatic nitrogens is 1. The van der Waals surface area contributed by atoms with E-state index >= 15 is 0 Å². The number of carbonyl (C=O) groups is 2. The number of rotatable bonds is 6. The molecule has 0 bridgehead atoms. The van der Waals surface area contributed by atoms with Gasteiger partial charge in [-0.2, -0.15) is 0 Å². The quantitative estimate of drug-likeness (QED) is 0.364. The number of esters is 1. The van der Waals surface area contributed by atoms with Gasteiger partial charge < -0.3 is 4.74 Å². The van der Waals surface area contributed by atoms with Gasteiger partial charge in [-0.1, -0.05) is 41.7 Å². The Kier molecular flexibility index (Phi) is 5.99. The number of amides is 1. The number of nitro groups is 1. The molecule has 0 aliphatic rings.